The molecule has 2 heterocycles. The Hall–Kier alpha value is -2.47. The van der Waals surface area contributed by atoms with Crippen LogP contribution in [-0.4, -0.2) is 21.7 Å². The van der Waals surface area contributed by atoms with Crippen molar-refractivity contribution < 1.29 is 0 Å². The normalized spacial score (nSPS) is 13.4. The Morgan fingerprint density at radius 3 is 2.92 bits per heavy atom. The molecule has 126 valence electrons. The van der Waals surface area contributed by atoms with Crippen LogP contribution in [0.5, 0.6) is 0 Å². The van der Waals surface area contributed by atoms with Gasteiger partial charge in [0.25, 0.3) is 0 Å². The maximum absolute atomic E-state index is 4.67. The molecule has 0 bridgehead atoms. The Labute approximate surface area is 155 Å². The molecule has 1 aliphatic rings. The molecular weight excluding hydrogens is 378 g/mol. The number of rotatable bonds is 3. The quantitative estimate of drug-likeness (QED) is 0.691. The van der Waals surface area contributed by atoms with E-state index < -0.39 is 0 Å². The first-order valence-corrected chi connectivity index (χ1v) is 9.08. The molecule has 0 spiro atoms. The van der Waals surface area contributed by atoms with Crippen molar-refractivity contribution in [2.24, 2.45) is 0 Å². The Morgan fingerprint density at radius 1 is 1.16 bits per heavy atom. The van der Waals surface area contributed by atoms with Crippen molar-refractivity contribution in [1.29, 1.82) is 0 Å². The molecule has 25 heavy (non-hydrogen) atoms. The van der Waals surface area contributed by atoms with Crippen LogP contribution in [-0.2, 0) is 6.42 Å². The molecule has 6 heteroatoms. The number of hydrogen-bond donors (Lipinski definition) is 1. The van der Waals surface area contributed by atoms with Gasteiger partial charge in [0.2, 0.25) is 5.95 Å². The van der Waals surface area contributed by atoms with Crippen molar-refractivity contribution in [3.8, 4) is 0 Å². The standard InChI is InChI=1S/C19H18BrN5/c1-13-8-9-16(15(20)11-13)22-19-23-18(12-21-24-19)25-10-4-6-14-5-2-3-7-17(14)25/h2-3,5,7-9,11-12H,4,6,10H2,1H3,(H,22,23,24). The molecule has 3 aromatic rings. The van der Waals surface area contributed by atoms with Crippen molar-refractivity contribution in [3.63, 3.8) is 0 Å². The lowest BCUT2D eigenvalue weighted by molar-refractivity contribution is 0.754. The molecule has 0 aliphatic carbocycles. The molecule has 0 fully saturated rings. The summed E-state index contributed by atoms with van der Waals surface area (Å²) in [6, 6.07) is 14.6. The smallest absolute Gasteiger partial charge is 0.249 e. The van der Waals surface area contributed by atoms with Crippen LogP contribution in [0.25, 0.3) is 0 Å². The highest BCUT2D eigenvalue weighted by molar-refractivity contribution is 9.10. The van der Waals surface area contributed by atoms with Crippen LogP contribution in [0.1, 0.15) is 17.5 Å². The van der Waals surface area contributed by atoms with Crippen LogP contribution in [0.3, 0.4) is 0 Å². The van der Waals surface area contributed by atoms with Gasteiger partial charge in [0, 0.05) is 16.7 Å². The number of aryl methyl sites for hydroxylation is 2. The van der Waals surface area contributed by atoms with Gasteiger partial charge in [0.1, 0.15) is 0 Å². The summed E-state index contributed by atoms with van der Waals surface area (Å²) in [4.78, 5) is 6.89. The molecule has 1 N–H and O–H groups in total. The third kappa shape index (κ3) is 3.35. The van der Waals surface area contributed by atoms with Gasteiger partial charge in [-0.3, -0.25) is 0 Å². The van der Waals surface area contributed by atoms with Crippen molar-refractivity contribution in [2.75, 3.05) is 16.8 Å². The summed E-state index contributed by atoms with van der Waals surface area (Å²) in [6.45, 7) is 2.99. The fraction of sp³-hybridized carbons (Fsp3) is 0.211. The number of fused-ring (bicyclic) bond motifs is 1. The Kier molecular flexibility index (Phi) is 4.36. The van der Waals surface area contributed by atoms with Crippen molar-refractivity contribution in [1.82, 2.24) is 15.2 Å². The fourth-order valence-electron chi connectivity index (χ4n) is 3.09. The molecule has 0 saturated carbocycles. The number of anilines is 4. The van der Waals surface area contributed by atoms with E-state index in [9.17, 15) is 0 Å². The largest absolute Gasteiger partial charge is 0.325 e. The van der Waals surface area contributed by atoms with Gasteiger partial charge in [-0.15, -0.1) is 5.10 Å². The molecule has 2 aromatic carbocycles. The third-order valence-electron chi connectivity index (χ3n) is 4.30. The van der Waals surface area contributed by atoms with Crippen LogP contribution in [0.15, 0.2) is 53.1 Å². The van der Waals surface area contributed by atoms with Gasteiger partial charge in [-0.1, -0.05) is 24.3 Å². The van der Waals surface area contributed by atoms with Crippen LogP contribution in [0, 0.1) is 6.92 Å². The van der Waals surface area contributed by atoms with Crippen molar-refractivity contribution in [3.05, 3.63) is 64.3 Å². The SMILES string of the molecule is Cc1ccc(Nc2nncc(N3CCCc4ccccc43)n2)c(Br)c1. The Morgan fingerprint density at radius 2 is 2.04 bits per heavy atom. The minimum absolute atomic E-state index is 0.491. The van der Waals surface area contributed by atoms with Gasteiger partial charge in [0.15, 0.2) is 5.82 Å². The van der Waals surface area contributed by atoms with Gasteiger partial charge in [-0.25, -0.2) is 0 Å². The second kappa shape index (κ2) is 6.80. The van der Waals surface area contributed by atoms with Gasteiger partial charge in [0.05, 0.1) is 11.9 Å². The number of nitrogens with one attached hydrogen (secondary N) is 1. The number of aromatic nitrogens is 3. The van der Waals surface area contributed by atoms with E-state index in [1.807, 2.05) is 12.1 Å². The van der Waals surface area contributed by atoms with E-state index in [1.54, 1.807) is 6.20 Å². The zero-order valence-electron chi connectivity index (χ0n) is 13.9. The lowest BCUT2D eigenvalue weighted by Crippen LogP contribution is -2.25. The molecular formula is C19H18BrN5. The van der Waals surface area contributed by atoms with E-state index in [2.05, 4.69) is 78.6 Å². The zero-order chi connectivity index (χ0) is 17.2. The third-order valence-corrected chi connectivity index (χ3v) is 4.96. The second-order valence-electron chi connectivity index (χ2n) is 6.13. The summed E-state index contributed by atoms with van der Waals surface area (Å²) in [5.74, 6) is 1.30. The van der Waals surface area contributed by atoms with Gasteiger partial charge < -0.3 is 10.2 Å². The predicted molar refractivity (Wildman–Crippen MR) is 104 cm³/mol. The molecule has 0 atom stereocenters. The highest BCUT2D eigenvalue weighted by Gasteiger charge is 2.19. The molecule has 0 unspecified atom stereocenters. The first kappa shape index (κ1) is 16.0. The van der Waals surface area contributed by atoms with Crippen molar-refractivity contribution >= 4 is 39.1 Å². The number of nitrogens with zero attached hydrogens (tertiary/aromatic N) is 4. The first-order valence-electron chi connectivity index (χ1n) is 8.29. The summed E-state index contributed by atoms with van der Waals surface area (Å²) < 4.78 is 0.977. The first-order chi connectivity index (χ1) is 12.2. The second-order valence-corrected chi connectivity index (χ2v) is 6.98. The molecule has 5 nitrogen and oxygen atoms in total. The van der Waals surface area contributed by atoms with E-state index in [0.29, 0.717) is 5.95 Å². The molecule has 0 amide bonds. The number of hydrogen-bond acceptors (Lipinski definition) is 5. The van der Waals surface area contributed by atoms with E-state index in [-0.39, 0.29) is 0 Å². The van der Waals surface area contributed by atoms with Gasteiger partial charge in [-0.2, -0.15) is 10.1 Å². The maximum Gasteiger partial charge on any atom is 0.249 e. The fourth-order valence-corrected chi connectivity index (χ4v) is 3.68. The minimum atomic E-state index is 0.491. The average molecular weight is 396 g/mol. The summed E-state index contributed by atoms with van der Waals surface area (Å²) >= 11 is 3.57. The molecule has 4 rings (SSSR count). The van der Waals surface area contributed by atoms with Crippen LogP contribution < -0.4 is 10.2 Å². The summed E-state index contributed by atoms with van der Waals surface area (Å²) in [5, 5.41) is 11.5. The molecule has 0 saturated heterocycles. The highest BCUT2D eigenvalue weighted by Crippen LogP contribution is 2.32. The van der Waals surface area contributed by atoms with E-state index in [4.69, 9.17) is 0 Å². The lowest BCUT2D eigenvalue weighted by Gasteiger charge is -2.30. The van der Waals surface area contributed by atoms with Crippen LogP contribution in [0.2, 0.25) is 0 Å². The number of para-hydroxylation sites is 1. The van der Waals surface area contributed by atoms with Gasteiger partial charge >= 0.3 is 0 Å². The summed E-state index contributed by atoms with van der Waals surface area (Å²) in [7, 11) is 0. The minimum Gasteiger partial charge on any atom is -0.325 e. The summed E-state index contributed by atoms with van der Waals surface area (Å²) in [5.41, 5.74) is 4.67. The number of halogens is 1. The zero-order valence-corrected chi connectivity index (χ0v) is 15.5. The maximum atomic E-state index is 4.67. The van der Waals surface area contributed by atoms with E-state index >= 15 is 0 Å². The van der Waals surface area contributed by atoms with E-state index in [0.717, 1.165) is 35.4 Å². The average Bonchev–Trinajstić information content (AvgIpc) is 2.64. The molecule has 1 aliphatic heterocycles. The van der Waals surface area contributed by atoms with E-state index in [1.165, 1.54) is 16.8 Å². The highest BCUT2D eigenvalue weighted by atomic mass is 79.9. The van der Waals surface area contributed by atoms with Crippen LogP contribution in [0.4, 0.5) is 23.1 Å². The monoisotopic (exact) mass is 395 g/mol. The topological polar surface area (TPSA) is 53.9 Å². The number of benzene rings is 2. The predicted octanol–water partition coefficient (Wildman–Crippen LogP) is 4.77. The summed E-state index contributed by atoms with van der Waals surface area (Å²) in [6.07, 6.45) is 3.93. The van der Waals surface area contributed by atoms with Crippen LogP contribution >= 0.6 is 15.9 Å². The molecule has 1 aromatic heterocycles. The Bertz CT molecular complexity index is 912. The lowest BCUT2D eigenvalue weighted by atomic mass is 10.0. The van der Waals surface area contributed by atoms with Crippen molar-refractivity contribution in [2.45, 2.75) is 19.8 Å². The van der Waals surface area contributed by atoms with Gasteiger partial charge in [-0.05, 0) is 65.0 Å². The molecule has 0 radical (unpaired) electrons. The Balaban J connectivity index is 1.64.